The molecule has 14 rings (SSSR count). The third-order valence-electron chi connectivity index (χ3n) is 25.3. The number of carbonyl (C=O) groups is 4. The van der Waals surface area contributed by atoms with E-state index in [1.54, 1.807) is 57.6 Å². The summed E-state index contributed by atoms with van der Waals surface area (Å²) in [6.45, 7) is 34.5. The van der Waals surface area contributed by atoms with Crippen molar-refractivity contribution in [1.82, 2.24) is 35.0 Å². The van der Waals surface area contributed by atoms with E-state index in [4.69, 9.17) is 14.2 Å². The van der Waals surface area contributed by atoms with Crippen molar-refractivity contribution in [2.45, 2.75) is 127 Å². The average Bonchev–Trinajstić information content (AvgIpc) is 1.60. The molecule has 21 nitrogen and oxygen atoms in total. The van der Waals surface area contributed by atoms with Crippen LogP contribution in [0.15, 0.2) is 146 Å². The minimum Gasteiger partial charge on any atom is -0.492 e. The van der Waals surface area contributed by atoms with Gasteiger partial charge in [-0.05, 0) is 218 Å². The van der Waals surface area contributed by atoms with Crippen LogP contribution in [0, 0.1) is 105 Å². The van der Waals surface area contributed by atoms with E-state index >= 15 is 0 Å². The van der Waals surface area contributed by atoms with Gasteiger partial charge in [0.1, 0.15) is 47.5 Å². The van der Waals surface area contributed by atoms with Gasteiger partial charge in [-0.25, -0.2) is 22.9 Å². The second-order valence-corrected chi connectivity index (χ2v) is 32.9. The Morgan fingerprint density at radius 1 is 0.521 bits per heavy atom. The van der Waals surface area contributed by atoms with Crippen molar-refractivity contribution in [1.29, 1.82) is 0 Å². The molecule has 3 saturated carbocycles. The van der Waals surface area contributed by atoms with E-state index in [2.05, 4.69) is 151 Å². The zero-order valence-corrected chi connectivity index (χ0v) is 72.7. The van der Waals surface area contributed by atoms with Crippen molar-refractivity contribution < 1.29 is 110 Å². The first-order valence-corrected chi connectivity index (χ1v) is 41.1. The summed E-state index contributed by atoms with van der Waals surface area (Å²) in [6.07, 6.45) is 19.4. The first kappa shape index (κ1) is 93.7. The summed E-state index contributed by atoms with van der Waals surface area (Å²) >= 11 is 0. The van der Waals surface area contributed by atoms with E-state index in [1.807, 2.05) is 80.6 Å². The van der Waals surface area contributed by atoms with Gasteiger partial charge in [0, 0.05) is 112 Å². The van der Waals surface area contributed by atoms with Gasteiger partial charge in [-0.2, -0.15) is 0 Å². The number of aromatic nitrogens is 3. The molecule has 3 aliphatic carbocycles. The molecule has 19 atom stereocenters. The van der Waals surface area contributed by atoms with Gasteiger partial charge < -0.3 is 48.8 Å². The summed E-state index contributed by atoms with van der Waals surface area (Å²) in [4.78, 5) is 98.4. The van der Waals surface area contributed by atoms with E-state index in [9.17, 15) is 37.5 Å². The van der Waals surface area contributed by atoms with Crippen molar-refractivity contribution in [2.24, 2.45) is 87.3 Å². The van der Waals surface area contributed by atoms with Crippen LogP contribution in [0.4, 0.5) is 13.2 Å². The number of nitrogens with zero attached hydrogens (tertiary/aromatic N) is 6. The minimum absolute atomic E-state index is 0. The number of hydrogen-bond donors (Lipinski definition) is 2. The number of fused-ring (bicyclic) bond motifs is 3. The molecule has 8 aliphatic rings. The average molecular weight is 1620 g/mol. The Morgan fingerprint density at radius 2 is 0.923 bits per heavy atom. The van der Waals surface area contributed by atoms with Crippen molar-refractivity contribution in [3.05, 3.63) is 181 Å². The second kappa shape index (κ2) is 43.9. The predicted molar refractivity (Wildman–Crippen MR) is 440 cm³/mol. The Morgan fingerprint density at radius 3 is 1.32 bits per heavy atom. The molecule has 2 N–H and O–H groups in total. The van der Waals surface area contributed by atoms with Gasteiger partial charge in [-0.3, -0.25) is 44.0 Å². The zero-order valence-electron chi connectivity index (χ0n) is 70.7. The zero-order chi connectivity index (χ0) is 83.4. The maximum Gasteiger partial charge on any atom is 1.00 e. The Balaban J connectivity index is 0.000000179. The first-order valence-electron chi connectivity index (χ1n) is 41.1. The number of aldehydes is 1. The Kier molecular flexibility index (Phi) is 35.1. The molecule has 2 radical (unpaired) electrons. The van der Waals surface area contributed by atoms with Crippen LogP contribution in [-0.4, -0.2) is 184 Å². The number of likely N-dealkylation sites (N-methyl/N-ethyl adjacent to an activating group) is 2. The number of carbonyl (C=O) groups excluding carboxylic acids is 4. The topological polar surface area (TPSA) is 232 Å². The molecule has 5 aliphatic heterocycles. The summed E-state index contributed by atoms with van der Waals surface area (Å²) in [5.74, 6) is 0.882. The number of rotatable bonds is 22. The third kappa shape index (κ3) is 23.3. The monoisotopic (exact) mass is 1620 g/mol. The van der Waals surface area contributed by atoms with Gasteiger partial charge in [0.05, 0.1) is 55.4 Å². The Hall–Kier alpha value is -7.18. The summed E-state index contributed by atoms with van der Waals surface area (Å²) < 4.78 is 57.6. The first-order chi connectivity index (χ1) is 55.7. The quantitative estimate of drug-likeness (QED) is 0.00740. The van der Waals surface area contributed by atoms with E-state index in [0.717, 1.165) is 117 Å². The fourth-order valence-corrected chi connectivity index (χ4v) is 18.6. The Bertz CT molecular complexity index is 4260. The molecule has 26 heteroatoms. The molecule has 117 heavy (non-hydrogen) atoms. The van der Waals surface area contributed by atoms with Crippen LogP contribution in [0.1, 0.15) is 119 Å². The molecule has 8 fully saturated rings. The SMILES string of the molecule is CCOO[B-]OOC(C)OOCC.CN1CCNCC1.C[C@H]1[C@H](/C=C/c2ccc(-c3cccc(F)c3)cn2)[C@@H]2[C@@H](C)OC(=O)[C@]2(C=O)C[C@@H]1C.C[C@H]1[C@H](/C=C/c2ccc(-c3cccc(F)c3)cn2)[C@@H]2[C@@H](C)OC(=O)[C@]2(CN2CCN(C)CC2)C[C@@H]1C.C[C@H]1[C@H](/C=C/c2ccc(-c3cccc(F)c3)cn2)[C@@H]2[C@@H](C)OC(=O)[C@]2(CO)C[C@@H]1C.[Na+]. The molecule has 5 saturated heterocycles. The van der Waals surface area contributed by atoms with Crippen LogP contribution in [0.5, 0.6) is 0 Å². The molecule has 3 aromatic heterocycles. The number of piperazine rings is 2. The summed E-state index contributed by atoms with van der Waals surface area (Å²) in [5.41, 5.74) is 5.09. The number of halogens is 3. The largest absolute Gasteiger partial charge is 1.00 e. The molecule has 8 heterocycles. The molecule has 626 valence electrons. The van der Waals surface area contributed by atoms with Crippen LogP contribution in [0.25, 0.3) is 51.6 Å². The molecule has 0 bridgehead atoms. The Labute approximate surface area is 711 Å². The molecular weight excluding hydrogens is 1510 g/mol. The third-order valence-corrected chi connectivity index (χ3v) is 25.3. The molecule has 0 amide bonds. The van der Waals surface area contributed by atoms with Crippen LogP contribution >= 0.6 is 0 Å². The predicted octanol–water partition coefficient (Wildman–Crippen LogP) is 11.9. The number of esters is 3. The van der Waals surface area contributed by atoms with Gasteiger partial charge in [0.15, 0.2) is 0 Å². The molecule has 6 aromatic rings. The number of cyclic esters (lactones) is 3. The maximum atomic E-state index is 13.6. The van der Waals surface area contributed by atoms with Crippen LogP contribution in [-0.2, 0) is 62.5 Å². The van der Waals surface area contributed by atoms with Crippen LogP contribution in [0.3, 0.4) is 0 Å². The van der Waals surface area contributed by atoms with Crippen molar-refractivity contribution >= 4 is 50.1 Å². The van der Waals surface area contributed by atoms with Crippen molar-refractivity contribution in [2.75, 3.05) is 92.8 Å². The summed E-state index contributed by atoms with van der Waals surface area (Å²) in [5, 5.41) is 13.4. The van der Waals surface area contributed by atoms with E-state index < -0.39 is 22.5 Å². The number of allylic oxidation sites excluding steroid dienone is 3. The summed E-state index contributed by atoms with van der Waals surface area (Å²) in [6, 6.07) is 31.0. The summed E-state index contributed by atoms with van der Waals surface area (Å²) in [7, 11) is 5.21. The standard InChI is InChI=1S/C30H38FN3O2.C25H28FNO3.C25H26FNO3.C6H14BO6.C5H12N2.Na/c1-20-17-30(19-34-14-12-33(4)13-15-34)28(22(3)36-29(30)35)27(21(20)2)11-10-26-9-8-24(18-32-26)23-6-5-7-25(31)16-23;2*1-15-12-25(14-28)23(17(3)30-24(25)29)22(16(15)2)10-9-21-8-7-19(13-27-21)18-5-4-6-20(26)11-18;1-4-8-10-6(3)11-13-7-12-9-5-2;1-7-4-2-6-3-5-7;/h5-11,16,18,20-22,27-28H,12-15,17,19H2,1-4H3;4-11,13,15-17,22-23,28H,12,14H2,1-3H3;4-11,13-17,22-23H,12H2,1-3H3;6H,4-5H2,1-3H3;6H,2-5H2,1H3;/q;;;-1;;+1/b11-10+;2*10-9+;;;/t20-,21+,22+,27-,28-,30-;2*15-,16+,17+,22-,23-,25-;;;/m000.../s1. The normalized spacial score (nSPS) is 30.4. The molecule has 3 aromatic carbocycles. The fraction of sp³-hybridized carbons (Fsp3) is 0.527. The van der Waals surface area contributed by atoms with E-state index in [0.29, 0.717) is 55.6 Å². The number of ether oxygens (including phenoxy) is 3. The number of pyridine rings is 3. The number of aliphatic hydroxyl groups is 1. The number of benzene rings is 3. The maximum absolute atomic E-state index is 13.6. The molecular formula is C91H118BF3N7NaO14. The van der Waals surface area contributed by atoms with Gasteiger partial charge in [0.25, 0.3) is 0 Å². The number of hydrogen-bond acceptors (Lipinski definition) is 21. The van der Waals surface area contributed by atoms with Gasteiger partial charge in [-0.15, -0.1) is 0 Å². The van der Waals surface area contributed by atoms with Gasteiger partial charge in [0.2, 0.25) is 6.29 Å². The molecule has 1 unspecified atom stereocenters. The second-order valence-electron chi connectivity index (χ2n) is 32.9. The van der Waals surface area contributed by atoms with Crippen LogP contribution in [0.2, 0.25) is 0 Å². The van der Waals surface area contributed by atoms with E-state index in [-0.39, 0.29) is 131 Å². The molecule has 0 spiro atoms. The van der Waals surface area contributed by atoms with Crippen molar-refractivity contribution in [3.63, 3.8) is 0 Å². The van der Waals surface area contributed by atoms with Gasteiger partial charge in [-0.1, -0.05) is 114 Å². The number of nitrogens with one attached hydrogen (secondary N) is 1. The smallest absolute Gasteiger partial charge is 0.492 e. The minimum atomic E-state index is -1.05. The van der Waals surface area contributed by atoms with E-state index in [1.165, 1.54) is 49.5 Å². The van der Waals surface area contributed by atoms with Crippen LogP contribution < -0.4 is 34.9 Å². The number of aliphatic hydroxyl groups excluding tert-OH is 1. The fourth-order valence-electron chi connectivity index (χ4n) is 18.6. The van der Waals surface area contributed by atoms with Gasteiger partial charge >= 0.3 is 47.5 Å². The van der Waals surface area contributed by atoms with Crippen molar-refractivity contribution in [3.8, 4) is 33.4 Å².